The van der Waals surface area contributed by atoms with Gasteiger partial charge in [-0.1, -0.05) is 0 Å². The summed E-state index contributed by atoms with van der Waals surface area (Å²) in [6, 6.07) is 2.74. The Morgan fingerprint density at radius 2 is 2.47 bits per heavy atom. The fourth-order valence-corrected chi connectivity index (χ4v) is 3.65. The van der Waals surface area contributed by atoms with Gasteiger partial charge in [-0.2, -0.15) is 5.10 Å². The lowest BCUT2D eigenvalue weighted by molar-refractivity contribution is 0.269. The molecule has 2 N–H and O–H groups in total. The molecule has 0 radical (unpaired) electrons. The van der Waals surface area contributed by atoms with E-state index < -0.39 is 0 Å². The number of aliphatic hydroxyl groups is 1. The van der Waals surface area contributed by atoms with Crippen LogP contribution in [0, 0.1) is 0 Å². The summed E-state index contributed by atoms with van der Waals surface area (Å²) in [6.45, 7) is 1.54. The van der Waals surface area contributed by atoms with Gasteiger partial charge in [-0.25, -0.2) is 0 Å². The van der Waals surface area contributed by atoms with Gasteiger partial charge in [-0.3, -0.25) is 4.68 Å². The molecule has 0 saturated carbocycles. The van der Waals surface area contributed by atoms with Gasteiger partial charge in [-0.15, -0.1) is 11.3 Å². The van der Waals surface area contributed by atoms with Gasteiger partial charge in [0.05, 0.1) is 19.3 Å². The van der Waals surface area contributed by atoms with Crippen molar-refractivity contribution in [3.8, 4) is 0 Å². The van der Waals surface area contributed by atoms with Crippen LogP contribution in [0.5, 0.6) is 0 Å². The first kappa shape index (κ1) is 12.8. The van der Waals surface area contributed by atoms with E-state index in [-0.39, 0.29) is 6.61 Å². The van der Waals surface area contributed by atoms with Crippen LogP contribution < -0.4 is 5.32 Å². The highest BCUT2D eigenvalue weighted by molar-refractivity contribution is 7.10. The van der Waals surface area contributed by atoms with E-state index in [1.807, 2.05) is 23.7 Å². The maximum Gasteiger partial charge on any atom is 0.0640 e. The molecule has 0 bridgehead atoms. The standard InChI is InChI=1S/C14H19N3OS/c18-6-5-17-10-11(9-16-17)8-15-13-2-1-3-14-12(13)4-7-19-14/h4,7,9-10,13,15,18H,1-3,5-6,8H2. The molecule has 2 heterocycles. The lowest BCUT2D eigenvalue weighted by Gasteiger charge is -2.23. The van der Waals surface area contributed by atoms with Crippen LogP contribution in [0.15, 0.2) is 23.8 Å². The summed E-state index contributed by atoms with van der Waals surface area (Å²) in [6.07, 6.45) is 7.60. The summed E-state index contributed by atoms with van der Waals surface area (Å²) in [7, 11) is 0. The molecule has 0 amide bonds. The van der Waals surface area contributed by atoms with Gasteiger partial charge in [0.1, 0.15) is 0 Å². The number of aryl methyl sites for hydroxylation is 1. The van der Waals surface area contributed by atoms with E-state index in [4.69, 9.17) is 5.11 Å². The van der Waals surface area contributed by atoms with Crippen molar-refractivity contribution in [1.82, 2.24) is 15.1 Å². The summed E-state index contributed by atoms with van der Waals surface area (Å²) in [5, 5.41) is 18.9. The van der Waals surface area contributed by atoms with E-state index in [0.29, 0.717) is 12.6 Å². The number of nitrogens with zero attached hydrogens (tertiary/aromatic N) is 2. The fourth-order valence-electron chi connectivity index (χ4n) is 2.66. The number of hydrogen-bond donors (Lipinski definition) is 2. The molecule has 0 saturated heterocycles. The Labute approximate surface area is 117 Å². The summed E-state index contributed by atoms with van der Waals surface area (Å²) < 4.78 is 1.79. The van der Waals surface area contributed by atoms with Crippen LogP contribution in [0.4, 0.5) is 0 Å². The Balaban J connectivity index is 1.61. The molecule has 2 aromatic heterocycles. The molecule has 102 valence electrons. The highest BCUT2D eigenvalue weighted by Crippen LogP contribution is 2.33. The number of hydrogen-bond acceptors (Lipinski definition) is 4. The summed E-state index contributed by atoms with van der Waals surface area (Å²) in [4.78, 5) is 1.54. The first-order valence-electron chi connectivity index (χ1n) is 6.78. The van der Waals surface area contributed by atoms with Gasteiger partial charge in [0.2, 0.25) is 0 Å². The van der Waals surface area contributed by atoms with Crippen molar-refractivity contribution in [1.29, 1.82) is 0 Å². The molecule has 4 nitrogen and oxygen atoms in total. The number of rotatable bonds is 5. The lowest BCUT2D eigenvalue weighted by Crippen LogP contribution is -2.23. The minimum absolute atomic E-state index is 0.134. The average Bonchev–Trinajstić information content (AvgIpc) is 3.05. The maximum atomic E-state index is 8.87. The third-order valence-electron chi connectivity index (χ3n) is 3.62. The highest BCUT2D eigenvalue weighted by atomic mass is 32.1. The molecule has 1 atom stereocenters. The Morgan fingerprint density at radius 1 is 1.53 bits per heavy atom. The largest absolute Gasteiger partial charge is 0.394 e. The normalized spacial score (nSPS) is 18.5. The van der Waals surface area contributed by atoms with Gasteiger partial charge < -0.3 is 10.4 Å². The molecule has 19 heavy (non-hydrogen) atoms. The predicted molar refractivity (Wildman–Crippen MR) is 76.2 cm³/mol. The zero-order valence-electron chi connectivity index (χ0n) is 10.9. The van der Waals surface area contributed by atoms with E-state index in [1.54, 1.807) is 9.56 Å². The molecule has 1 unspecified atom stereocenters. The van der Waals surface area contributed by atoms with Gasteiger partial charge in [0, 0.05) is 29.2 Å². The van der Waals surface area contributed by atoms with Crippen molar-refractivity contribution in [3.05, 3.63) is 39.8 Å². The number of aliphatic hydroxyl groups excluding tert-OH is 1. The van der Waals surface area contributed by atoms with E-state index in [9.17, 15) is 0 Å². The van der Waals surface area contributed by atoms with E-state index in [2.05, 4.69) is 21.9 Å². The summed E-state index contributed by atoms with van der Waals surface area (Å²) >= 11 is 1.88. The topological polar surface area (TPSA) is 50.1 Å². The fraction of sp³-hybridized carbons (Fsp3) is 0.500. The number of fused-ring (bicyclic) bond motifs is 1. The number of thiophene rings is 1. The number of nitrogens with one attached hydrogen (secondary N) is 1. The molecule has 1 aliphatic rings. The molecule has 3 rings (SSSR count). The first-order valence-corrected chi connectivity index (χ1v) is 7.66. The SMILES string of the molecule is OCCn1cc(CNC2CCCc3sccc32)cn1. The molecule has 5 heteroatoms. The van der Waals surface area contributed by atoms with Crippen LogP contribution in [0.3, 0.4) is 0 Å². The van der Waals surface area contributed by atoms with Crippen LogP contribution in [-0.4, -0.2) is 21.5 Å². The quantitative estimate of drug-likeness (QED) is 0.880. The van der Waals surface area contributed by atoms with Crippen LogP contribution in [0.1, 0.15) is 34.9 Å². The van der Waals surface area contributed by atoms with Gasteiger partial charge in [-0.05, 0) is 36.3 Å². The van der Waals surface area contributed by atoms with Crippen molar-refractivity contribution in [2.45, 2.75) is 38.4 Å². The van der Waals surface area contributed by atoms with Gasteiger partial charge in [0.15, 0.2) is 0 Å². The zero-order chi connectivity index (χ0) is 13.1. The molecular formula is C14H19N3OS. The summed E-state index contributed by atoms with van der Waals surface area (Å²) in [5.41, 5.74) is 2.66. The van der Waals surface area contributed by atoms with Crippen molar-refractivity contribution < 1.29 is 5.11 Å². The van der Waals surface area contributed by atoms with Crippen molar-refractivity contribution >= 4 is 11.3 Å². The van der Waals surface area contributed by atoms with E-state index in [1.165, 1.54) is 30.4 Å². The molecule has 0 spiro atoms. The predicted octanol–water partition coefficient (Wildman–Crippen LogP) is 2.10. The summed E-state index contributed by atoms with van der Waals surface area (Å²) in [5.74, 6) is 0. The molecule has 0 aromatic carbocycles. The van der Waals surface area contributed by atoms with Crippen LogP contribution in [0.2, 0.25) is 0 Å². The molecule has 2 aromatic rings. The Hall–Kier alpha value is -1.17. The van der Waals surface area contributed by atoms with Crippen molar-refractivity contribution in [3.63, 3.8) is 0 Å². The molecular weight excluding hydrogens is 258 g/mol. The molecule has 0 fully saturated rings. The minimum atomic E-state index is 0.134. The highest BCUT2D eigenvalue weighted by Gasteiger charge is 2.20. The third-order valence-corrected chi connectivity index (χ3v) is 4.62. The number of aromatic nitrogens is 2. The van der Waals surface area contributed by atoms with Gasteiger partial charge in [0.25, 0.3) is 0 Å². The Kier molecular flexibility index (Phi) is 3.96. The zero-order valence-corrected chi connectivity index (χ0v) is 11.7. The Morgan fingerprint density at radius 3 is 3.37 bits per heavy atom. The van der Waals surface area contributed by atoms with E-state index in [0.717, 1.165) is 6.54 Å². The lowest BCUT2D eigenvalue weighted by atomic mass is 9.94. The van der Waals surface area contributed by atoms with Crippen LogP contribution >= 0.6 is 11.3 Å². The minimum Gasteiger partial charge on any atom is -0.394 e. The van der Waals surface area contributed by atoms with Crippen molar-refractivity contribution in [2.24, 2.45) is 0 Å². The van der Waals surface area contributed by atoms with Gasteiger partial charge >= 0.3 is 0 Å². The first-order chi connectivity index (χ1) is 9.36. The second-order valence-corrected chi connectivity index (χ2v) is 5.96. The molecule has 0 aliphatic heterocycles. The van der Waals surface area contributed by atoms with Crippen LogP contribution in [0.25, 0.3) is 0 Å². The third kappa shape index (κ3) is 2.88. The second-order valence-electron chi connectivity index (χ2n) is 4.96. The van der Waals surface area contributed by atoms with Crippen LogP contribution in [-0.2, 0) is 19.5 Å². The maximum absolute atomic E-state index is 8.87. The van der Waals surface area contributed by atoms with Crippen molar-refractivity contribution in [2.75, 3.05) is 6.61 Å². The molecule has 1 aliphatic carbocycles. The smallest absolute Gasteiger partial charge is 0.0640 e. The van der Waals surface area contributed by atoms with E-state index >= 15 is 0 Å². The Bertz CT molecular complexity index is 534. The second kappa shape index (κ2) is 5.86. The average molecular weight is 277 g/mol. The monoisotopic (exact) mass is 277 g/mol.